The Labute approximate surface area is 147 Å². The van der Waals surface area contributed by atoms with Crippen LogP contribution in [0.1, 0.15) is 5.56 Å². The van der Waals surface area contributed by atoms with Crippen LogP contribution in [0.15, 0.2) is 52.4 Å². The second kappa shape index (κ2) is 7.46. The van der Waals surface area contributed by atoms with Gasteiger partial charge < -0.3 is 9.73 Å². The molecule has 3 aromatic rings. The van der Waals surface area contributed by atoms with E-state index < -0.39 is 0 Å². The molecule has 0 aliphatic carbocycles. The van der Waals surface area contributed by atoms with Crippen molar-refractivity contribution in [1.29, 1.82) is 0 Å². The van der Waals surface area contributed by atoms with E-state index in [2.05, 4.69) is 20.5 Å². The average molecular weight is 361 g/mol. The normalized spacial score (nSPS) is 10.6. The molecule has 2 aromatic heterocycles. The summed E-state index contributed by atoms with van der Waals surface area (Å²) >= 11 is 7.22. The first kappa shape index (κ1) is 16.5. The predicted octanol–water partition coefficient (Wildman–Crippen LogP) is 3.82. The molecule has 0 unspecified atom stereocenters. The molecule has 0 radical (unpaired) electrons. The second-order valence-corrected chi connectivity index (χ2v) is 6.26. The Morgan fingerprint density at radius 3 is 2.83 bits per heavy atom. The van der Waals surface area contributed by atoms with Crippen LogP contribution >= 0.6 is 23.4 Å². The zero-order valence-electron chi connectivity index (χ0n) is 12.7. The van der Waals surface area contributed by atoms with Crippen LogP contribution in [0.25, 0.3) is 11.5 Å². The van der Waals surface area contributed by atoms with Gasteiger partial charge in [-0.3, -0.25) is 9.78 Å². The van der Waals surface area contributed by atoms with Crippen molar-refractivity contribution in [2.75, 3.05) is 11.1 Å². The minimum atomic E-state index is -0.198. The molecule has 0 atom stereocenters. The first-order valence-electron chi connectivity index (χ1n) is 7.04. The van der Waals surface area contributed by atoms with Crippen molar-refractivity contribution < 1.29 is 9.21 Å². The largest absolute Gasteiger partial charge is 0.411 e. The number of nitrogens with zero attached hydrogens (tertiary/aromatic N) is 3. The van der Waals surface area contributed by atoms with Crippen LogP contribution < -0.4 is 5.32 Å². The smallest absolute Gasteiger partial charge is 0.277 e. The van der Waals surface area contributed by atoms with Crippen LogP contribution in [-0.4, -0.2) is 26.8 Å². The van der Waals surface area contributed by atoms with Gasteiger partial charge >= 0.3 is 0 Å². The number of rotatable bonds is 5. The lowest BCUT2D eigenvalue weighted by Crippen LogP contribution is -2.14. The minimum Gasteiger partial charge on any atom is -0.411 e. The molecule has 122 valence electrons. The van der Waals surface area contributed by atoms with Gasteiger partial charge in [0.15, 0.2) is 0 Å². The molecule has 0 spiro atoms. The van der Waals surface area contributed by atoms with E-state index in [1.807, 2.05) is 19.1 Å². The van der Waals surface area contributed by atoms with E-state index in [0.717, 1.165) is 22.9 Å². The number of carbonyl (C=O) groups is 1. The quantitative estimate of drug-likeness (QED) is 0.696. The third kappa shape index (κ3) is 4.12. The average Bonchev–Trinajstić information content (AvgIpc) is 3.06. The number of aryl methyl sites for hydroxylation is 1. The number of hydrogen-bond acceptors (Lipinski definition) is 6. The van der Waals surface area contributed by atoms with Gasteiger partial charge in [0.2, 0.25) is 11.8 Å². The third-order valence-electron chi connectivity index (χ3n) is 3.06. The highest BCUT2D eigenvalue weighted by Gasteiger charge is 2.12. The predicted molar refractivity (Wildman–Crippen MR) is 93.1 cm³/mol. The van der Waals surface area contributed by atoms with Crippen LogP contribution in [0.5, 0.6) is 0 Å². The molecule has 0 bridgehead atoms. The summed E-state index contributed by atoms with van der Waals surface area (Å²) in [4.78, 5) is 16.0. The lowest BCUT2D eigenvalue weighted by Gasteiger charge is -2.07. The molecule has 1 amide bonds. The topological polar surface area (TPSA) is 80.9 Å². The standard InChI is InChI=1S/C16H13ClN4O2S/c1-10-2-3-12(17)13(8-10)19-14(22)9-24-16-21-20-15(23-16)11-4-6-18-7-5-11/h2-8H,9H2,1H3,(H,19,22). The summed E-state index contributed by atoms with van der Waals surface area (Å²) in [5.41, 5.74) is 2.38. The van der Waals surface area contributed by atoms with E-state index in [1.165, 1.54) is 0 Å². The fourth-order valence-corrected chi connectivity index (χ4v) is 2.66. The van der Waals surface area contributed by atoms with Gasteiger partial charge in [0.05, 0.1) is 16.5 Å². The van der Waals surface area contributed by atoms with Gasteiger partial charge in [0.25, 0.3) is 5.22 Å². The Balaban J connectivity index is 1.59. The fraction of sp³-hybridized carbons (Fsp3) is 0.125. The molecule has 0 aliphatic heterocycles. The first-order valence-corrected chi connectivity index (χ1v) is 8.41. The van der Waals surface area contributed by atoms with Crippen LogP contribution in [0, 0.1) is 6.92 Å². The van der Waals surface area contributed by atoms with Gasteiger partial charge in [-0.25, -0.2) is 0 Å². The Morgan fingerprint density at radius 2 is 2.04 bits per heavy atom. The molecular weight excluding hydrogens is 348 g/mol. The Morgan fingerprint density at radius 1 is 1.25 bits per heavy atom. The van der Waals surface area contributed by atoms with Crippen molar-refractivity contribution in [1.82, 2.24) is 15.2 Å². The van der Waals surface area contributed by atoms with Crippen LogP contribution in [0.2, 0.25) is 5.02 Å². The molecule has 8 heteroatoms. The number of halogens is 1. The zero-order chi connectivity index (χ0) is 16.9. The van der Waals surface area contributed by atoms with Crippen molar-refractivity contribution >= 4 is 35.0 Å². The first-order chi connectivity index (χ1) is 11.6. The summed E-state index contributed by atoms with van der Waals surface area (Å²) in [7, 11) is 0. The zero-order valence-corrected chi connectivity index (χ0v) is 14.3. The number of benzene rings is 1. The molecule has 6 nitrogen and oxygen atoms in total. The third-order valence-corrected chi connectivity index (χ3v) is 4.20. The molecule has 0 saturated carbocycles. The van der Waals surface area contributed by atoms with Gasteiger partial charge in [0.1, 0.15) is 0 Å². The van der Waals surface area contributed by atoms with E-state index in [4.69, 9.17) is 16.0 Å². The van der Waals surface area contributed by atoms with Gasteiger partial charge in [0, 0.05) is 18.0 Å². The summed E-state index contributed by atoms with van der Waals surface area (Å²) in [5, 5.41) is 11.5. The number of amides is 1. The summed E-state index contributed by atoms with van der Waals surface area (Å²) < 4.78 is 5.52. The number of anilines is 1. The molecule has 1 aromatic carbocycles. The number of pyridine rings is 1. The van der Waals surface area contributed by atoms with Crippen molar-refractivity contribution in [2.24, 2.45) is 0 Å². The second-order valence-electron chi connectivity index (χ2n) is 4.93. The van der Waals surface area contributed by atoms with E-state index in [1.54, 1.807) is 30.6 Å². The maximum atomic E-state index is 12.0. The SMILES string of the molecule is Cc1ccc(Cl)c(NC(=O)CSc2nnc(-c3ccncc3)o2)c1. The number of hydrogen-bond donors (Lipinski definition) is 1. The highest BCUT2D eigenvalue weighted by Crippen LogP contribution is 2.25. The van der Waals surface area contributed by atoms with E-state index in [9.17, 15) is 4.79 Å². The lowest BCUT2D eigenvalue weighted by atomic mass is 10.2. The summed E-state index contributed by atoms with van der Waals surface area (Å²) in [6.07, 6.45) is 3.29. The number of nitrogens with one attached hydrogen (secondary N) is 1. The Hall–Kier alpha value is -2.38. The highest BCUT2D eigenvalue weighted by atomic mass is 35.5. The molecule has 0 fully saturated rings. The summed E-state index contributed by atoms with van der Waals surface area (Å²) in [6.45, 7) is 1.93. The van der Waals surface area contributed by atoms with Gasteiger partial charge in [-0.1, -0.05) is 29.4 Å². The lowest BCUT2D eigenvalue weighted by molar-refractivity contribution is -0.113. The van der Waals surface area contributed by atoms with Crippen molar-refractivity contribution in [3.63, 3.8) is 0 Å². The van der Waals surface area contributed by atoms with E-state index >= 15 is 0 Å². The summed E-state index contributed by atoms with van der Waals surface area (Å²) in [6, 6.07) is 8.99. The maximum Gasteiger partial charge on any atom is 0.277 e. The monoisotopic (exact) mass is 360 g/mol. The maximum absolute atomic E-state index is 12.0. The van der Waals surface area contributed by atoms with E-state index in [0.29, 0.717) is 21.8 Å². The number of aromatic nitrogens is 3. The molecule has 1 N–H and O–H groups in total. The molecule has 2 heterocycles. The molecule has 24 heavy (non-hydrogen) atoms. The van der Waals surface area contributed by atoms with Crippen LogP contribution in [0.3, 0.4) is 0 Å². The molecule has 3 rings (SSSR count). The van der Waals surface area contributed by atoms with Gasteiger partial charge in [-0.05, 0) is 36.8 Å². The van der Waals surface area contributed by atoms with Gasteiger partial charge in [-0.2, -0.15) is 0 Å². The molecule has 0 saturated heterocycles. The summed E-state index contributed by atoms with van der Waals surface area (Å²) in [5.74, 6) is 0.334. The molecular formula is C16H13ClN4O2S. The molecule has 0 aliphatic rings. The Kier molecular flexibility index (Phi) is 5.12. The number of carbonyl (C=O) groups excluding carboxylic acids is 1. The number of thioether (sulfide) groups is 1. The van der Waals surface area contributed by atoms with Crippen molar-refractivity contribution in [2.45, 2.75) is 12.1 Å². The Bertz CT molecular complexity index is 854. The van der Waals surface area contributed by atoms with Crippen LogP contribution in [-0.2, 0) is 4.79 Å². The van der Waals surface area contributed by atoms with E-state index in [-0.39, 0.29) is 11.7 Å². The van der Waals surface area contributed by atoms with Crippen molar-refractivity contribution in [3.8, 4) is 11.5 Å². The van der Waals surface area contributed by atoms with Crippen LogP contribution in [0.4, 0.5) is 5.69 Å². The van der Waals surface area contributed by atoms with Gasteiger partial charge in [-0.15, -0.1) is 10.2 Å². The minimum absolute atomic E-state index is 0.141. The van der Waals surface area contributed by atoms with Crippen molar-refractivity contribution in [3.05, 3.63) is 53.3 Å². The fourth-order valence-electron chi connectivity index (χ4n) is 1.93. The highest BCUT2D eigenvalue weighted by molar-refractivity contribution is 7.99.